The third kappa shape index (κ3) is 3.33. The third-order valence-corrected chi connectivity index (χ3v) is 4.89. The summed E-state index contributed by atoms with van der Waals surface area (Å²) in [5, 5.41) is 12.9. The van der Waals surface area contributed by atoms with Crippen molar-refractivity contribution in [2.75, 3.05) is 13.1 Å². The van der Waals surface area contributed by atoms with E-state index in [1.54, 1.807) is 18.3 Å². The molecule has 6 heteroatoms. The molecule has 21 heavy (non-hydrogen) atoms. The van der Waals surface area contributed by atoms with Crippen molar-refractivity contribution in [1.82, 2.24) is 20.4 Å². The van der Waals surface area contributed by atoms with E-state index in [1.807, 2.05) is 11.1 Å². The molecule has 0 bridgehead atoms. The maximum absolute atomic E-state index is 11.3. The molecule has 2 N–H and O–H groups in total. The number of aromatic amines is 1. The molecular formula is C15H20N4OS. The summed E-state index contributed by atoms with van der Waals surface area (Å²) in [6.07, 6.45) is 3.93. The number of likely N-dealkylation sites (tertiary alicyclic amines) is 1. The minimum absolute atomic E-state index is 0.184. The number of rotatable bonds is 4. The van der Waals surface area contributed by atoms with E-state index >= 15 is 0 Å². The summed E-state index contributed by atoms with van der Waals surface area (Å²) in [6.45, 7) is 4.17. The molecular weight excluding hydrogens is 284 g/mol. The second-order valence-electron chi connectivity index (χ2n) is 5.41. The average molecular weight is 304 g/mol. The predicted molar refractivity (Wildman–Crippen MR) is 84.0 cm³/mol. The number of aromatic nitrogens is 2. The molecule has 1 aliphatic rings. The van der Waals surface area contributed by atoms with Crippen LogP contribution in [0.3, 0.4) is 0 Å². The Balaban J connectivity index is 1.55. The van der Waals surface area contributed by atoms with E-state index in [0.717, 1.165) is 38.2 Å². The van der Waals surface area contributed by atoms with Crippen molar-refractivity contribution in [1.29, 1.82) is 0 Å². The summed E-state index contributed by atoms with van der Waals surface area (Å²) >= 11 is 1.72. The summed E-state index contributed by atoms with van der Waals surface area (Å²) in [5.74, 6) is 0.184. The van der Waals surface area contributed by atoms with E-state index in [0.29, 0.717) is 6.04 Å². The molecule has 3 heterocycles. The monoisotopic (exact) mass is 304 g/mol. The van der Waals surface area contributed by atoms with Crippen LogP contribution in [-0.2, 0) is 11.3 Å². The van der Waals surface area contributed by atoms with Crippen LogP contribution in [-0.4, -0.2) is 40.1 Å². The number of thiophene rings is 1. The van der Waals surface area contributed by atoms with E-state index in [4.69, 9.17) is 0 Å². The Hall–Kier alpha value is -1.66. The Morgan fingerprint density at radius 3 is 3.00 bits per heavy atom. The van der Waals surface area contributed by atoms with Crippen LogP contribution in [0.2, 0.25) is 0 Å². The summed E-state index contributed by atoms with van der Waals surface area (Å²) in [5.41, 5.74) is 2.31. The highest BCUT2D eigenvalue weighted by Gasteiger charge is 2.20. The molecule has 0 radical (unpaired) electrons. The molecule has 1 fully saturated rings. The van der Waals surface area contributed by atoms with Crippen LogP contribution < -0.4 is 5.32 Å². The minimum Gasteiger partial charge on any atom is -0.343 e. The van der Waals surface area contributed by atoms with Gasteiger partial charge in [-0.3, -0.25) is 9.89 Å². The van der Waals surface area contributed by atoms with Gasteiger partial charge in [0, 0.05) is 38.2 Å². The van der Waals surface area contributed by atoms with E-state index in [2.05, 4.69) is 33.0 Å². The number of hydrogen-bond donors (Lipinski definition) is 2. The third-order valence-electron chi connectivity index (χ3n) is 4.01. The zero-order chi connectivity index (χ0) is 14.7. The van der Waals surface area contributed by atoms with Crippen molar-refractivity contribution in [2.24, 2.45) is 0 Å². The van der Waals surface area contributed by atoms with Crippen molar-refractivity contribution in [3.63, 3.8) is 0 Å². The number of hydrogen-bond acceptors (Lipinski definition) is 4. The fraction of sp³-hybridized carbons (Fsp3) is 0.467. The molecule has 2 aromatic heterocycles. The first-order valence-corrected chi connectivity index (χ1v) is 8.17. The summed E-state index contributed by atoms with van der Waals surface area (Å²) in [6, 6.07) is 4.63. The molecule has 5 nitrogen and oxygen atoms in total. The molecule has 0 unspecified atom stereocenters. The summed E-state index contributed by atoms with van der Waals surface area (Å²) < 4.78 is 0. The van der Waals surface area contributed by atoms with Gasteiger partial charge in [-0.05, 0) is 24.3 Å². The lowest BCUT2D eigenvalue weighted by Crippen LogP contribution is -2.43. The Labute approximate surface area is 128 Å². The highest BCUT2D eigenvalue weighted by molar-refractivity contribution is 7.13. The Morgan fingerprint density at radius 1 is 1.52 bits per heavy atom. The topological polar surface area (TPSA) is 61.0 Å². The zero-order valence-corrected chi connectivity index (χ0v) is 12.9. The molecule has 112 valence electrons. The summed E-state index contributed by atoms with van der Waals surface area (Å²) in [7, 11) is 0. The van der Waals surface area contributed by atoms with Crippen LogP contribution >= 0.6 is 11.3 Å². The molecule has 1 saturated heterocycles. The lowest BCUT2D eigenvalue weighted by atomic mass is 10.0. The van der Waals surface area contributed by atoms with Crippen molar-refractivity contribution in [2.45, 2.75) is 32.4 Å². The molecule has 1 aliphatic heterocycles. The largest absolute Gasteiger partial charge is 0.343 e. The number of carbonyl (C=O) groups excluding carboxylic acids is 1. The van der Waals surface area contributed by atoms with Gasteiger partial charge in [0.05, 0.1) is 16.8 Å². The van der Waals surface area contributed by atoms with E-state index in [9.17, 15) is 4.79 Å². The fourth-order valence-electron chi connectivity index (χ4n) is 2.73. The van der Waals surface area contributed by atoms with Gasteiger partial charge in [-0.15, -0.1) is 11.3 Å². The van der Waals surface area contributed by atoms with Gasteiger partial charge >= 0.3 is 0 Å². The quantitative estimate of drug-likeness (QED) is 0.910. The SMILES string of the molecule is CC(=O)N1CCC(NCc2cn[nH]c2-c2cccs2)CC1. The van der Waals surface area contributed by atoms with E-state index in [1.165, 1.54) is 10.4 Å². The first-order chi connectivity index (χ1) is 10.2. The number of nitrogens with zero attached hydrogens (tertiary/aromatic N) is 2. The predicted octanol–water partition coefficient (Wildman–Crippen LogP) is 2.24. The maximum atomic E-state index is 11.3. The van der Waals surface area contributed by atoms with Crippen LogP contribution in [0.4, 0.5) is 0 Å². The maximum Gasteiger partial charge on any atom is 0.219 e. The Kier molecular flexibility index (Phi) is 4.36. The van der Waals surface area contributed by atoms with Gasteiger partial charge in [0.2, 0.25) is 5.91 Å². The molecule has 3 rings (SSSR count). The van der Waals surface area contributed by atoms with Gasteiger partial charge in [0.25, 0.3) is 0 Å². The van der Waals surface area contributed by atoms with Crippen LogP contribution in [0.5, 0.6) is 0 Å². The molecule has 0 spiro atoms. The number of nitrogens with one attached hydrogen (secondary N) is 2. The van der Waals surface area contributed by atoms with Crippen LogP contribution in [0.25, 0.3) is 10.6 Å². The standard InChI is InChI=1S/C15H20N4OS/c1-11(20)19-6-4-13(5-7-19)16-9-12-10-17-18-15(12)14-3-2-8-21-14/h2-3,8,10,13,16H,4-7,9H2,1H3,(H,17,18). The number of H-pyrrole nitrogens is 1. The van der Waals surface area contributed by atoms with Gasteiger partial charge < -0.3 is 10.2 Å². The van der Waals surface area contributed by atoms with E-state index in [-0.39, 0.29) is 5.91 Å². The normalized spacial score (nSPS) is 16.3. The first-order valence-electron chi connectivity index (χ1n) is 7.29. The molecule has 0 atom stereocenters. The highest BCUT2D eigenvalue weighted by Crippen LogP contribution is 2.25. The van der Waals surface area contributed by atoms with Gasteiger partial charge in [-0.2, -0.15) is 5.10 Å². The van der Waals surface area contributed by atoms with Crippen LogP contribution in [0.1, 0.15) is 25.3 Å². The Bertz CT molecular complexity index is 585. The number of amides is 1. The van der Waals surface area contributed by atoms with Crippen molar-refractivity contribution < 1.29 is 4.79 Å². The smallest absolute Gasteiger partial charge is 0.219 e. The zero-order valence-electron chi connectivity index (χ0n) is 12.1. The number of carbonyl (C=O) groups is 1. The highest BCUT2D eigenvalue weighted by atomic mass is 32.1. The van der Waals surface area contributed by atoms with Crippen LogP contribution in [0.15, 0.2) is 23.7 Å². The first kappa shape index (κ1) is 14.3. The molecule has 0 aromatic carbocycles. The van der Waals surface area contributed by atoms with Gasteiger partial charge in [-0.1, -0.05) is 6.07 Å². The lowest BCUT2D eigenvalue weighted by molar-refractivity contribution is -0.129. The second kappa shape index (κ2) is 6.41. The molecule has 0 saturated carbocycles. The lowest BCUT2D eigenvalue weighted by Gasteiger charge is -2.31. The van der Waals surface area contributed by atoms with Crippen molar-refractivity contribution in [3.8, 4) is 10.6 Å². The minimum atomic E-state index is 0.184. The molecule has 2 aromatic rings. The van der Waals surface area contributed by atoms with Gasteiger partial charge in [0.15, 0.2) is 0 Å². The second-order valence-corrected chi connectivity index (χ2v) is 6.36. The summed E-state index contributed by atoms with van der Waals surface area (Å²) in [4.78, 5) is 14.5. The average Bonchev–Trinajstić information content (AvgIpc) is 3.16. The van der Waals surface area contributed by atoms with Crippen LogP contribution in [0, 0.1) is 0 Å². The Morgan fingerprint density at radius 2 is 2.33 bits per heavy atom. The fourth-order valence-corrected chi connectivity index (χ4v) is 3.49. The molecule has 0 aliphatic carbocycles. The molecule has 1 amide bonds. The van der Waals surface area contributed by atoms with Crippen molar-refractivity contribution >= 4 is 17.2 Å². The van der Waals surface area contributed by atoms with Crippen molar-refractivity contribution in [3.05, 3.63) is 29.3 Å². The number of piperidine rings is 1. The van der Waals surface area contributed by atoms with E-state index < -0.39 is 0 Å². The van der Waals surface area contributed by atoms with Gasteiger partial charge in [-0.25, -0.2) is 0 Å². The van der Waals surface area contributed by atoms with Gasteiger partial charge in [0.1, 0.15) is 0 Å².